The van der Waals surface area contributed by atoms with E-state index in [1.165, 1.54) is 11.8 Å². The van der Waals surface area contributed by atoms with Crippen molar-refractivity contribution in [3.05, 3.63) is 59.7 Å². The average Bonchev–Trinajstić information content (AvgIpc) is 2.46. The monoisotopic (exact) mass is 300 g/mol. The fourth-order valence-electron chi connectivity index (χ4n) is 1.84. The number of rotatable bonds is 5. The maximum absolute atomic E-state index is 12.2. The second kappa shape index (κ2) is 6.95. The van der Waals surface area contributed by atoms with Gasteiger partial charge >= 0.3 is 0 Å². The van der Waals surface area contributed by atoms with Gasteiger partial charge in [0.15, 0.2) is 0 Å². The van der Waals surface area contributed by atoms with Gasteiger partial charge in [0.25, 0.3) is 5.91 Å². The van der Waals surface area contributed by atoms with E-state index >= 15 is 0 Å². The topological polar surface area (TPSA) is 72.2 Å². The standard InChI is InChI=1S/C16H16N2O2S/c1-11-5-2-3-8-14(11)16(20)18-12-6-4-7-13(9-12)21-10-15(17)19/h2-9H,10H2,1H3,(H2,17,19)(H,18,20). The number of nitrogens with two attached hydrogens (primary N) is 1. The highest BCUT2D eigenvalue weighted by Gasteiger charge is 2.08. The third-order valence-electron chi connectivity index (χ3n) is 2.86. The zero-order chi connectivity index (χ0) is 15.2. The molecule has 5 heteroatoms. The van der Waals surface area contributed by atoms with Crippen LogP contribution in [-0.2, 0) is 4.79 Å². The minimum atomic E-state index is -0.366. The molecule has 0 radical (unpaired) electrons. The van der Waals surface area contributed by atoms with Gasteiger partial charge in [-0.15, -0.1) is 11.8 Å². The van der Waals surface area contributed by atoms with Gasteiger partial charge in [-0.1, -0.05) is 24.3 Å². The first kappa shape index (κ1) is 15.1. The Hall–Kier alpha value is -2.27. The van der Waals surface area contributed by atoms with E-state index in [4.69, 9.17) is 5.73 Å². The summed E-state index contributed by atoms with van der Waals surface area (Å²) in [6.45, 7) is 1.90. The van der Waals surface area contributed by atoms with Crippen LogP contribution in [0.2, 0.25) is 0 Å². The molecule has 21 heavy (non-hydrogen) atoms. The number of thioether (sulfide) groups is 1. The number of carbonyl (C=O) groups is 2. The second-order valence-electron chi connectivity index (χ2n) is 4.55. The third kappa shape index (κ3) is 4.36. The van der Waals surface area contributed by atoms with Crippen molar-refractivity contribution in [1.29, 1.82) is 0 Å². The zero-order valence-corrected chi connectivity index (χ0v) is 12.4. The number of hydrogen-bond acceptors (Lipinski definition) is 3. The number of amides is 2. The van der Waals surface area contributed by atoms with Gasteiger partial charge in [0.05, 0.1) is 5.75 Å². The lowest BCUT2D eigenvalue weighted by Crippen LogP contribution is -2.14. The van der Waals surface area contributed by atoms with Gasteiger partial charge in [-0.2, -0.15) is 0 Å². The second-order valence-corrected chi connectivity index (χ2v) is 5.60. The summed E-state index contributed by atoms with van der Waals surface area (Å²) in [7, 11) is 0. The summed E-state index contributed by atoms with van der Waals surface area (Å²) in [6, 6.07) is 14.8. The lowest BCUT2D eigenvalue weighted by atomic mass is 10.1. The molecule has 0 unspecified atom stereocenters. The fraction of sp³-hybridized carbons (Fsp3) is 0.125. The molecule has 0 bridgehead atoms. The van der Waals surface area contributed by atoms with Gasteiger partial charge in [-0.05, 0) is 36.8 Å². The van der Waals surface area contributed by atoms with Crippen LogP contribution in [0.15, 0.2) is 53.4 Å². The molecule has 108 valence electrons. The summed E-state index contributed by atoms with van der Waals surface area (Å²) in [5, 5.41) is 2.86. The first-order valence-corrected chi connectivity index (χ1v) is 7.43. The Balaban J connectivity index is 2.09. The number of benzene rings is 2. The highest BCUT2D eigenvalue weighted by atomic mass is 32.2. The zero-order valence-electron chi connectivity index (χ0n) is 11.6. The van der Waals surface area contributed by atoms with Crippen LogP contribution in [0.25, 0.3) is 0 Å². The van der Waals surface area contributed by atoms with Crippen molar-refractivity contribution in [3.63, 3.8) is 0 Å². The largest absolute Gasteiger partial charge is 0.369 e. The lowest BCUT2D eigenvalue weighted by Gasteiger charge is -2.08. The van der Waals surface area contributed by atoms with Crippen molar-refractivity contribution in [1.82, 2.24) is 0 Å². The van der Waals surface area contributed by atoms with Crippen LogP contribution in [-0.4, -0.2) is 17.6 Å². The molecule has 0 atom stereocenters. The SMILES string of the molecule is Cc1ccccc1C(=O)Nc1cccc(SCC(N)=O)c1. The van der Waals surface area contributed by atoms with E-state index in [0.717, 1.165) is 10.5 Å². The molecule has 4 nitrogen and oxygen atoms in total. The summed E-state index contributed by atoms with van der Waals surface area (Å²) >= 11 is 1.34. The predicted molar refractivity (Wildman–Crippen MR) is 85.5 cm³/mol. The first-order chi connectivity index (χ1) is 10.1. The molecule has 0 aromatic heterocycles. The van der Waals surface area contributed by atoms with E-state index in [1.54, 1.807) is 6.07 Å². The number of anilines is 1. The van der Waals surface area contributed by atoms with Gasteiger partial charge in [-0.25, -0.2) is 0 Å². The molecule has 0 aliphatic carbocycles. The fourth-order valence-corrected chi connectivity index (χ4v) is 2.54. The van der Waals surface area contributed by atoms with Crippen molar-refractivity contribution in [2.45, 2.75) is 11.8 Å². The van der Waals surface area contributed by atoms with Crippen molar-refractivity contribution in [2.75, 3.05) is 11.1 Å². The lowest BCUT2D eigenvalue weighted by molar-refractivity contribution is -0.115. The Morgan fingerprint density at radius 2 is 1.90 bits per heavy atom. The molecule has 0 saturated carbocycles. The minimum absolute atomic E-state index is 0.148. The molecule has 0 fully saturated rings. The van der Waals surface area contributed by atoms with E-state index in [0.29, 0.717) is 11.3 Å². The van der Waals surface area contributed by atoms with Crippen LogP contribution in [0.1, 0.15) is 15.9 Å². The smallest absolute Gasteiger partial charge is 0.255 e. The number of primary amides is 1. The quantitative estimate of drug-likeness (QED) is 0.834. The summed E-state index contributed by atoms with van der Waals surface area (Å²) in [4.78, 5) is 23.9. The van der Waals surface area contributed by atoms with Gasteiger partial charge in [-0.3, -0.25) is 9.59 Å². The summed E-state index contributed by atoms with van der Waals surface area (Å²) in [6.07, 6.45) is 0. The molecule has 0 aliphatic heterocycles. The van der Waals surface area contributed by atoms with Crippen molar-refractivity contribution in [2.24, 2.45) is 5.73 Å². The highest BCUT2D eigenvalue weighted by Crippen LogP contribution is 2.22. The van der Waals surface area contributed by atoms with Gasteiger partial charge in [0.1, 0.15) is 0 Å². The van der Waals surface area contributed by atoms with Crippen LogP contribution in [0.5, 0.6) is 0 Å². The van der Waals surface area contributed by atoms with Crippen molar-refractivity contribution >= 4 is 29.3 Å². The molecule has 0 spiro atoms. The Morgan fingerprint density at radius 3 is 2.62 bits per heavy atom. The van der Waals surface area contributed by atoms with E-state index in [-0.39, 0.29) is 17.6 Å². The van der Waals surface area contributed by atoms with E-state index in [2.05, 4.69) is 5.32 Å². The molecule has 2 aromatic carbocycles. The number of nitrogens with one attached hydrogen (secondary N) is 1. The Kier molecular flexibility index (Phi) is 5.00. The molecule has 2 amide bonds. The van der Waals surface area contributed by atoms with Gasteiger partial charge in [0.2, 0.25) is 5.91 Å². The molecular formula is C16H16N2O2S. The number of hydrogen-bond donors (Lipinski definition) is 2. The maximum atomic E-state index is 12.2. The van der Waals surface area contributed by atoms with Gasteiger partial charge in [0, 0.05) is 16.1 Å². The molecule has 0 heterocycles. The van der Waals surface area contributed by atoms with Crippen LogP contribution in [0.4, 0.5) is 5.69 Å². The van der Waals surface area contributed by atoms with Crippen LogP contribution in [0.3, 0.4) is 0 Å². The van der Waals surface area contributed by atoms with E-state index < -0.39 is 0 Å². The maximum Gasteiger partial charge on any atom is 0.255 e. The van der Waals surface area contributed by atoms with Crippen LogP contribution < -0.4 is 11.1 Å². The summed E-state index contributed by atoms with van der Waals surface area (Å²) < 4.78 is 0. The molecule has 0 saturated heterocycles. The molecule has 3 N–H and O–H groups in total. The molecular weight excluding hydrogens is 284 g/mol. The van der Waals surface area contributed by atoms with E-state index in [1.807, 2.05) is 49.4 Å². The molecule has 2 aromatic rings. The van der Waals surface area contributed by atoms with Crippen molar-refractivity contribution in [3.8, 4) is 0 Å². The number of aryl methyl sites for hydroxylation is 1. The van der Waals surface area contributed by atoms with Crippen molar-refractivity contribution < 1.29 is 9.59 Å². The number of carbonyl (C=O) groups excluding carboxylic acids is 2. The average molecular weight is 300 g/mol. The summed E-state index contributed by atoms with van der Waals surface area (Å²) in [5.41, 5.74) is 7.39. The Morgan fingerprint density at radius 1 is 1.14 bits per heavy atom. The van der Waals surface area contributed by atoms with Gasteiger partial charge < -0.3 is 11.1 Å². The minimum Gasteiger partial charge on any atom is -0.369 e. The van der Waals surface area contributed by atoms with Crippen LogP contribution >= 0.6 is 11.8 Å². The molecule has 0 aliphatic rings. The normalized spacial score (nSPS) is 10.1. The Bertz CT molecular complexity index is 671. The molecule has 2 rings (SSSR count). The summed E-state index contributed by atoms with van der Waals surface area (Å²) in [5.74, 6) is -0.297. The van der Waals surface area contributed by atoms with Crippen LogP contribution in [0, 0.1) is 6.92 Å². The Labute approximate surface area is 127 Å². The highest BCUT2D eigenvalue weighted by molar-refractivity contribution is 8.00. The first-order valence-electron chi connectivity index (χ1n) is 6.44. The third-order valence-corrected chi connectivity index (χ3v) is 3.88. The van der Waals surface area contributed by atoms with E-state index in [9.17, 15) is 9.59 Å². The predicted octanol–water partition coefficient (Wildman–Crippen LogP) is 2.82.